The smallest absolute Gasteiger partial charge is 0.126 e. The second kappa shape index (κ2) is 4.69. The number of nitrogens with one attached hydrogen (secondary N) is 1. The predicted molar refractivity (Wildman–Crippen MR) is 70.1 cm³/mol. The van der Waals surface area contributed by atoms with Crippen molar-refractivity contribution in [2.24, 2.45) is 0 Å². The number of hydrogen-bond acceptors (Lipinski definition) is 3. The normalized spacial score (nSPS) is 20.6. The van der Waals surface area contributed by atoms with Gasteiger partial charge in [-0.2, -0.15) is 5.26 Å². The third-order valence-electron chi connectivity index (χ3n) is 3.29. The molecule has 1 fully saturated rings. The van der Waals surface area contributed by atoms with E-state index in [0.29, 0.717) is 17.5 Å². The molecule has 0 bridgehead atoms. The largest absolute Gasteiger partial charge is 0.367 e. The third kappa shape index (κ3) is 2.55. The SMILES string of the molecule is N#Cc1ccc(N[C@@H]2C[C@H]2c2cccc(F)c2)nc1. The molecule has 1 aliphatic rings. The van der Waals surface area contributed by atoms with Crippen LogP contribution < -0.4 is 5.32 Å². The van der Waals surface area contributed by atoms with Crippen molar-refractivity contribution in [2.45, 2.75) is 18.4 Å². The van der Waals surface area contributed by atoms with Crippen molar-refractivity contribution >= 4 is 5.82 Å². The highest BCUT2D eigenvalue weighted by Crippen LogP contribution is 2.42. The van der Waals surface area contributed by atoms with Crippen molar-refractivity contribution in [3.8, 4) is 6.07 Å². The molecular weight excluding hydrogens is 241 g/mol. The molecule has 0 amide bonds. The first kappa shape index (κ1) is 11.7. The fourth-order valence-electron chi connectivity index (χ4n) is 2.20. The Morgan fingerprint density at radius 2 is 2.21 bits per heavy atom. The van der Waals surface area contributed by atoms with E-state index >= 15 is 0 Å². The van der Waals surface area contributed by atoms with E-state index in [2.05, 4.69) is 10.3 Å². The van der Waals surface area contributed by atoms with Gasteiger partial charge in [0.05, 0.1) is 5.56 Å². The summed E-state index contributed by atoms with van der Waals surface area (Å²) in [6.07, 6.45) is 2.52. The van der Waals surface area contributed by atoms with Gasteiger partial charge in [0.1, 0.15) is 17.7 Å². The summed E-state index contributed by atoms with van der Waals surface area (Å²) in [5.74, 6) is 0.899. The van der Waals surface area contributed by atoms with Gasteiger partial charge in [-0.15, -0.1) is 0 Å². The van der Waals surface area contributed by atoms with Crippen LogP contribution in [0.3, 0.4) is 0 Å². The van der Waals surface area contributed by atoms with E-state index in [-0.39, 0.29) is 5.82 Å². The summed E-state index contributed by atoms with van der Waals surface area (Å²) < 4.78 is 13.1. The van der Waals surface area contributed by atoms with E-state index < -0.39 is 0 Å². The van der Waals surface area contributed by atoms with Crippen LogP contribution in [0.4, 0.5) is 10.2 Å². The quantitative estimate of drug-likeness (QED) is 0.914. The molecule has 0 radical (unpaired) electrons. The molecule has 2 aromatic rings. The first-order valence-electron chi connectivity index (χ1n) is 6.14. The van der Waals surface area contributed by atoms with E-state index in [1.165, 1.54) is 6.07 Å². The summed E-state index contributed by atoms with van der Waals surface area (Å²) in [5, 5.41) is 12.0. The van der Waals surface area contributed by atoms with Gasteiger partial charge in [0, 0.05) is 18.2 Å². The van der Waals surface area contributed by atoms with E-state index in [1.807, 2.05) is 12.1 Å². The van der Waals surface area contributed by atoms with Gasteiger partial charge in [-0.05, 0) is 36.2 Å². The summed E-state index contributed by atoms with van der Waals surface area (Å²) >= 11 is 0. The lowest BCUT2D eigenvalue weighted by Gasteiger charge is -2.05. The molecular formula is C15H12FN3. The Kier molecular flexibility index (Phi) is 2.88. The molecule has 1 saturated carbocycles. The first-order chi connectivity index (χ1) is 9.26. The second-order valence-electron chi connectivity index (χ2n) is 4.69. The van der Waals surface area contributed by atoms with E-state index in [1.54, 1.807) is 30.5 Å². The molecule has 94 valence electrons. The van der Waals surface area contributed by atoms with Crippen molar-refractivity contribution in [1.82, 2.24) is 4.98 Å². The van der Waals surface area contributed by atoms with E-state index in [4.69, 9.17) is 5.26 Å². The summed E-state index contributed by atoms with van der Waals surface area (Å²) in [7, 11) is 0. The van der Waals surface area contributed by atoms with Crippen molar-refractivity contribution < 1.29 is 4.39 Å². The maximum Gasteiger partial charge on any atom is 0.126 e. The van der Waals surface area contributed by atoms with Crippen LogP contribution >= 0.6 is 0 Å². The van der Waals surface area contributed by atoms with Gasteiger partial charge in [0.2, 0.25) is 0 Å². The standard InChI is InChI=1S/C15H12FN3/c16-12-3-1-2-11(6-12)13-7-14(13)19-15-5-4-10(8-17)9-18-15/h1-6,9,13-14H,7H2,(H,18,19)/t13-,14+/m0/s1. The van der Waals surface area contributed by atoms with Crippen LogP contribution in [0.1, 0.15) is 23.5 Å². The number of anilines is 1. The molecule has 19 heavy (non-hydrogen) atoms. The Morgan fingerprint density at radius 3 is 2.89 bits per heavy atom. The van der Waals surface area contributed by atoms with Gasteiger partial charge in [0.15, 0.2) is 0 Å². The minimum Gasteiger partial charge on any atom is -0.367 e. The molecule has 3 nitrogen and oxygen atoms in total. The van der Waals surface area contributed by atoms with Gasteiger partial charge in [-0.25, -0.2) is 9.37 Å². The van der Waals surface area contributed by atoms with Crippen molar-refractivity contribution in [3.05, 3.63) is 59.5 Å². The van der Waals surface area contributed by atoms with Crippen LogP contribution in [-0.2, 0) is 0 Å². The molecule has 0 saturated heterocycles. The lowest BCUT2D eigenvalue weighted by Crippen LogP contribution is -2.05. The second-order valence-corrected chi connectivity index (χ2v) is 4.69. The lowest BCUT2D eigenvalue weighted by molar-refractivity contribution is 0.625. The Hall–Kier alpha value is -2.41. The van der Waals surface area contributed by atoms with Gasteiger partial charge in [0.25, 0.3) is 0 Å². The molecule has 1 heterocycles. The fourth-order valence-corrected chi connectivity index (χ4v) is 2.20. The number of nitrogens with zero attached hydrogens (tertiary/aromatic N) is 2. The summed E-state index contributed by atoms with van der Waals surface area (Å²) in [5.41, 5.74) is 1.56. The Morgan fingerprint density at radius 1 is 1.32 bits per heavy atom. The minimum atomic E-state index is -0.195. The average molecular weight is 253 g/mol. The number of pyridine rings is 1. The van der Waals surface area contributed by atoms with Crippen LogP contribution in [0, 0.1) is 17.1 Å². The Bertz CT molecular complexity index is 631. The van der Waals surface area contributed by atoms with Crippen LogP contribution in [0.5, 0.6) is 0 Å². The average Bonchev–Trinajstić information content (AvgIpc) is 3.19. The van der Waals surface area contributed by atoms with Crippen LogP contribution in [-0.4, -0.2) is 11.0 Å². The van der Waals surface area contributed by atoms with Crippen LogP contribution in [0.25, 0.3) is 0 Å². The number of nitriles is 1. The van der Waals surface area contributed by atoms with Gasteiger partial charge in [-0.1, -0.05) is 12.1 Å². The highest BCUT2D eigenvalue weighted by molar-refractivity contribution is 5.43. The lowest BCUT2D eigenvalue weighted by atomic mass is 10.1. The summed E-state index contributed by atoms with van der Waals surface area (Å²) in [6.45, 7) is 0. The van der Waals surface area contributed by atoms with Crippen molar-refractivity contribution in [3.63, 3.8) is 0 Å². The monoisotopic (exact) mass is 253 g/mol. The Balaban J connectivity index is 1.65. The minimum absolute atomic E-state index is 0.195. The van der Waals surface area contributed by atoms with Crippen molar-refractivity contribution in [2.75, 3.05) is 5.32 Å². The highest BCUT2D eigenvalue weighted by Gasteiger charge is 2.38. The molecule has 1 aromatic heterocycles. The third-order valence-corrected chi connectivity index (χ3v) is 3.29. The predicted octanol–water partition coefficient (Wildman–Crippen LogP) is 3.06. The molecule has 0 spiro atoms. The maximum atomic E-state index is 13.1. The summed E-state index contributed by atoms with van der Waals surface area (Å²) in [6, 6.07) is 12.6. The number of benzene rings is 1. The van der Waals surface area contributed by atoms with Gasteiger partial charge < -0.3 is 5.32 Å². The van der Waals surface area contributed by atoms with Crippen molar-refractivity contribution in [1.29, 1.82) is 5.26 Å². The Labute approximate surface area is 110 Å². The molecule has 1 aliphatic carbocycles. The first-order valence-corrected chi connectivity index (χ1v) is 6.14. The zero-order valence-corrected chi connectivity index (χ0v) is 10.2. The molecule has 0 aliphatic heterocycles. The highest BCUT2D eigenvalue weighted by atomic mass is 19.1. The van der Waals surface area contributed by atoms with Crippen LogP contribution in [0.2, 0.25) is 0 Å². The van der Waals surface area contributed by atoms with Crippen LogP contribution in [0.15, 0.2) is 42.6 Å². The number of aromatic nitrogens is 1. The zero-order chi connectivity index (χ0) is 13.2. The number of halogens is 1. The van der Waals surface area contributed by atoms with E-state index in [9.17, 15) is 4.39 Å². The number of hydrogen-bond donors (Lipinski definition) is 1. The number of rotatable bonds is 3. The zero-order valence-electron chi connectivity index (χ0n) is 10.2. The molecule has 2 atom stereocenters. The molecule has 3 rings (SSSR count). The topological polar surface area (TPSA) is 48.7 Å². The van der Waals surface area contributed by atoms with Gasteiger partial charge in [-0.3, -0.25) is 0 Å². The maximum absolute atomic E-state index is 13.1. The molecule has 0 unspecified atom stereocenters. The summed E-state index contributed by atoms with van der Waals surface area (Å²) in [4.78, 5) is 4.17. The molecule has 4 heteroatoms. The van der Waals surface area contributed by atoms with Gasteiger partial charge >= 0.3 is 0 Å². The van der Waals surface area contributed by atoms with E-state index in [0.717, 1.165) is 17.8 Å². The molecule has 1 aromatic carbocycles. The molecule has 1 N–H and O–H groups in total. The fraction of sp³-hybridized carbons (Fsp3) is 0.200.